The maximum atomic E-state index is 13.3. The lowest BCUT2D eigenvalue weighted by atomic mass is 9.96. The molecule has 0 saturated carbocycles. The molecule has 3 aliphatic heterocycles. The summed E-state index contributed by atoms with van der Waals surface area (Å²) in [5.74, 6) is -0.273. The summed E-state index contributed by atoms with van der Waals surface area (Å²) in [6, 6.07) is -0.967. The van der Waals surface area contributed by atoms with Gasteiger partial charge in [-0.25, -0.2) is 0 Å². The van der Waals surface area contributed by atoms with E-state index in [-0.39, 0.29) is 18.9 Å². The predicted molar refractivity (Wildman–Crippen MR) is 328 cm³/mol. The molecule has 3 fully saturated rings. The zero-order valence-electron chi connectivity index (χ0n) is 52.9. The van der Waals surface area contributed by atoms with Gasteiger partial charge in [-0.15, -0.1) is 0 Å². The van der Waals surface area contributed by atoms with Gasteiger partial charge in [0.15, 0.2) is 18.9 Å². The van der Waals surface area contributed by atoms with Gasteiger partial charge in [0.1, 0.15) is 73.2 Å². The molecule has 0 spiro atoms. The number of ether oxygens (including phenoxy) is 6. The quantitative estimate of drug-likeness (QED) is 0.0201. The van der Waals surface area contributed by atoms with E-state index in [0.29, 0.717) is 6.42 Å². The Labute approximate surface area is 512 Å². The van der Waals surface area contributed by atoms with E-state index in [1.807, 2.05) is 6.08 Å². The van der Waals surface area contributed by atoms with Gasteiger partial charge in [0, 0.05) is 6.42 Å². The molecule has 0 aromatic rings. The summed E-state index contributed by atoms with van der Waals surface area (Å²) in [4.78, 5) is 13.3. The standard InChI is InChI=1S/C66H125NO18/c1-3-5-7-9-11-13-15-17-18-19-20-21-22-23-24-25-26-27-28-29-30-31-32-33-35-37-39-41-43-50(71)49(67-54(72)44-42-40-38-36-34-16-14-12-10-8-6-4-2)48-80-64-60(78)57(75)62(52(46-69)82-64)85-66-61(79)58(76)63(53(47-70)83-66)84-65-59(77)56(74)55(73)51(45-68)81-65/h41,43,49-53,55-66,68-71,73-79H,3-40,42,44-48H2,1-2H3,(H,67,72)/b43-41+. The van der Waals surface area contributed by atoms with Crippen LogP contribution in [-0.2, 0) is 33.2 Å². The highest BCUT2D eigenvalue weighted by Crippen LogP contribution is 2.33. The number of aliphatic hydroxyl groups excluding tert-OH is 11. The first-order valence-corrected chi connectivity index (χ1v) is 34.4. The Morgan fingerprint density at radius 2 is 0.729 bits per heavy atom. The fourth-order valence-electron chi connectivity index (χ4n) is 12.0. The van der Waals surface area contributed by atoms with Crippen LogP contribution in [0, 0.1) is 0 Å². The first kappa shape index (κ1) is 77.8. The molecule has 0 aliphatic carbocycles. The number of aliphatic hydroxyl groups is 11. The zero-order valence-corrected chi connectivity index (χ0v) is 52.9. The SMILES string of the molecule is CCCCCCCCCCCCCCCCCCCCCCCCCCCC/C=C/C(O)C(COC1OC(CO)C(OC2OC(CO)C(OC3OC(CO)C(O)C(O)C3O)C(O)C2O)C(O)C1O)NC(=O)CCCCCCCCCCCCCC. The highest BCUT2D eigenvalue weighted by atomic mass is 16.8. The average Bonchev–Trinajstić information content (AvgIpc) is 2.05. The molecule has 0 aromatic carbocycles. The number of carbonyl (C=O) groups excluding carboxylic acids is 1. The largest absolute Gasteiger partial charge is 0.394 e. The van der Waals surface area contributed by atoms with Crippen LogP contribution in [0.15, 0.2) is 12.2 Å². The number of hydrogen-bond donors (Lipinski definition) is 12. The Hall–Kier alpha value is -1.47. The van der Waals surface area contributed by atoms with Gasteiger partial charge >= 0.3 is 0 Å². The smallest absolute Gasteiger partial charge is 0.220 e. The lowest BCUT2D eigenvalue weighted by Gasteiger charge is -2.48. The van der Waals surface area contributed by atoms with Crippen LogP contribution in [0.4, 0.5) is 0 Å². The monoisotopic (exact) mass is 1220 g/mol. The van der Waals surface area contributed by atoms with Crippen LogP contribution >= 0.6 is 0 Å². The summed E-state index contributed by atoms with van der Waals surface area (Å²) in [5.41, 5.74) is 0. The Bertz CT molecular complexity index is 1600. The number of unbranched alkanes of at least 4 members (excludes halogenated alkanes) is 37. The third-order valence-corrected chi connectivity index (χ3v) is 17.6. The first-order chi connectivity index (χ1) is 41.3. The minimum atomic E-state index is -1.97. The van der Waals surface area contributed by atoms with Crippen molar-refractivity contribution >= 4 is 5.91 Å². The van der Waals surface area contributed by atoms with Crippen LogP contribution in [0.5, 0.6) is 0 Å². The number of hydrogen-bond acceptors (Lipinski definition) is 18. The summed E-state index contributed by atoms with van der Waals surface area (Å²) < 4.78 is 34.3. The van der Waals surface area contributed by atoms with Crippen molar-refractivity contribution in [3.63, 3.8) is 0 Å². The van der Waals surface area contributed by atoms with E-state index in [1.54, 1.807) is 6.08 Å². The van der Waals surface area contributed by atoms with Gasteiger partial charge in [0.25, 0.3) is 0 Å². The minimum Gasteiger partial charge on any atom is -0.394 e. The number of nitrogens with one attached hydrogen (secondary N) is 1. The molecule has 12 N–H and O–H groups in total. The lowest BCUT2D eigenvalue weighted by molar-refractivity contribution is -0.379. The van der Waals surface area contributed by atoms with Crippen molar-refractivity contribution in [3.05, 3.63) is 12.2 Å². The van der Waals surface area contributed by atoms with E-state index in [9.17, 15) is 61.0 Å². The number of rotatable bonds is 53. The zero-order chi connectivity index (χ0) is 61.9. The van der Waals surface area contributed by atoms with Crippen molar-refractivity contribution < 1.29 is 89.4 Å². The Kier molecular flexibility index (Phi) is 45.1. The molecule has 3 heterocycles. The Morgan fingerprint density at radius 1 is 0.412 bits per heavy atom. The van der Waals surface area contributed by atoms with Crippen LogP contribution < -0.4 is 5.32 Å². The van der Waals surface area contributed by atoms with Crippen molar-refractivity contribution in [1.82, 2.24) is 5.32 Å². The fraction of sp³-hybridized carbons (Fsp3) is 0.955. The third kappa shape index (κ3) is 31.9. The Balaban J connectivity index is 1.40. The van der Waals surface area contributed by atoms with E-state index in [4.69, 9.17) is 28.4 Å². The normalized spacial score (nSPS) is 29.0. The molecule has 3 rings (SSSR count). The average molecular weight is 1220 g/mol. The second-order valence-corrected chi connectivity index (χ2v) is 25.0. The van der Waals surface area contributed by atoms with Gasteiger partial charge in [0.2, 0.25) is 5.91 Å². The summed E-state index contributed by atoms with van der Waals surface area (Å²) in [5, 5.41) is 120. The second-order valence-electron chi connectivity index (χ2n) is 25.0. The molecular weight excluding hydrogens is 1090 g/mol. The van der Waals surface area contributed by atoms with Crippen LogP contribution in [0.2, 0.25) is 0 Å². The van der Waals surface area contributed by atoms with Crippen molar-refractivity contribution in [2.75, 3.05) is 26.4 Å². The number of carbonyl (C=O) groups is 1. The molecule has 1 amide bonds. The third-order valence-electron chi connectivity index (χ3n) is 17.6. The first-order valence-electron chi connectivity index (χ1n) is 34.4. The summed E-state index contributed by atoms with van der Waals surface area (Å²) in [7, 11) is 0. The molecule has 3 saturated heterocycles. The molecule has 85 heavy (non-hydrogen) atoms. The molecule has 3 aliphatic rings. The maximum Gasteiger partial charge on any atom is 0.220 e. The van der Waals surface area contributed by atoms with Gasteiger partial charge < -0.3 is 89.9 Å². The lowest BCUT2D eigenvalue weighted by Crippen LogP contribution is -2.66. The van der Waals surface area contributed by atoms with E-state index < -0.39 is 124 Å². The van der Waals surface area contributed by atoms with Crippen LogP contribution in [0.25, 0.3) is 0 Å². The van der Waals surface area contributed by atoms with Gasteiger partial charge in [-0.05, 0) is 19.3 Å². The van der Waals surface area contributed by atoms with Crippen LogP contribution in [0.3, 0.4) is 0 Å². The van der Waals surface area contributed by atoms with Gasteiger partial charge in [0.05, 0.1) is 38.6 Å². The summed E-state index contributed by atoms with van der Waals surface area (Å²) in [6.07, 6.45) is 26.4. The highest BCUT2D eigenvalue weighted by Gasteiger charge is 2.53. The molecule has 0 radical (unpaired) electrons. The molecule has 0 bridgehead atoms. The van der Waals surface area contributed by atoms with Gasteiger partial charge in [-0.3, -0.25) is 4.79 Å². The number of allylic oxidation sites excluding steroid dienone is 1. The minimum absolute atomic E-state index is 0.248. The summed E-state index contributed by atoms with van der Waals surface area (Å²) >= 11 is 0. The fourth-order valence-corrected chi connectivity index (χ4v) is 12.0. The van der Waals surface area contributed by atoms with Gasteiger partial charge in [-0.2, -0.15) is 0 Å². The van der Waals surface area contributed by atoms with Crippen LogP contribution in [-0.4, -0.2) is 193 Å². The second kappa shape index (κ2) is 49.3. The molecular formula is C66H125NO18. The molecule has 19 nitrogen and oxygen atoms in total. The van der Waals surface area contributed by atoms with E-state index in [0.717, 1.165) is 44.9 Å². The van der Waals surface area contributed by atoms with Gasteiger partial charge in [-0.1, -0.05) is 257 Å². The molecule has 19 heteroatoms. The van der Waals surface area contributed by atoms with E-state index in [1.165, 1.54) is 199 Å². The van der Waals surface area contributed by atoms with Crippen molar-refractivity contribution in [1.29, 1.82) is 0 Å². The maximum absolute atomic E-state index is 13.3. The van der Waals surface area contributed by atoms with Crippen LogP contribution in [0.1, 0.15) is 271 Å². The van der Waals surface area contributed by atoms with Crippen molar-refractivity contribution in [2.24, 2.45) is 0 Å². The van der Waals surface area contributed by atoms with Crippen molar-refractivity contribution in [2.45, 2.75) is 375 Å². The van der Waals surface area contributed by atoms with E-state index >= 15 is 0 Å². The molecule has 17 unspecified atom stereocenters. The molecule has 0 aromatic heterocycles. The van der Waals surface area contributed by atoms with E-state index in [2.05, 4.69) is 19.2 Å². The summed E-state index contributed by atoms with van der Waals surface area (Å²) in [6.45, 7) is 1.75. The highest BCUT2D eigenvalue weighted by molar-refractivity contribution is 5.76. The number of amides is 1. The molecule has 17 atom stereocenters. The predicted octanol–water partition coefficient (Wildman–Crippen LogP) is 8.50. The topological polar surface area (TPSA) is 307 Å². The Morgan fingerprint density at radius 3 is 1.11 bits per heavy atom. The van der Waals surface area contributed by atoms with Crippen molar-refractivity contribution in [3.8, 4) is 0 Å². The molecule has 502 valence electrons.